The molecule has 0 bridgehead atoms. The highest BCUT2D eigenvalue weighted by atomic mass is 127. The second-order valence-corrected chi connectivity index (χ2v) is 5.05. The summed E-state index contributed by atoms with van der Waals surface area (Å²) in [6, 6.07) is 16.0. The van der Waals surface area contributed by atoms with Crippen molar-refractivity contribution in [1.82, 2.24) is 0 Å². The van der Waals surface area contributed by atoms with E-state index in [2.05, 4.69) is 34.7 Å². The quantitative estimate of drug-likeness (QED) is 0.625. The number of hydrogen-bond donors (Lipinski definition) is 0. The van der Waals surface area contributed by atoms with Gasteiger partial charge in [-0.05, 0) is 40.8 Å². The molecule has 0 aliphatic heterocycles. The molecule has 0 aliphatic carbocycles. The van der Waals surface area contributed by atoms with Crippen molar-refractivity contribution in [3.63, 3.8) is 0 Å². The molecule has 0 unspecified atom stereocenters. The zero-order chi connectivity index (χ0) is 12.5. The van der Waals surface area contributed by atoms with Gasteiger partial charge in [0.25, 0.3) is 0 Å². The summed E-state index contributed by atoms with van der Waals surface area (Å²) in [6.45, 7) is 0. The van der Waals surface area contributed by atoms with Crippen LogP contribution in [0.15, 0.2) is 52.9 Å². The highest BCUT2D eigenvalue weighted by molar-refractivity contribution is 14.1. The van der Waals surface area contributed by atoms with Gasteiger partial charge in [0.1, 0.15) is 17.1 Å². The lowest BCUT2D eigenvalue weighted by Gasteiger charge is -1.97. The first-order valence-electron chi connectivity index (χ1n) is 5.61. The van der Waals surface area contributed by atoms with Crippen LogP contribution in [-0.2, 0) is 0 Å². The van der Waals surface area contributed by atoms with Gasteiger partial charge in [0, 0.05) is 10.9 Å². The SMILES string of the molecule is COc1ccc2oc(-c3ccccc3)c(I)c2c1. The molecule has 3 heteroatoms. The van der Waals surface area contributed by atoms with Crippen LogP contribution in [-0.4, -0.2) is 7.11 Å². The Kier molecular flexibility index (Phi) is 2.99. The fraction of sp³-hybridized carbons (Fsp3) is 0.0667. The fourth-order valence-corrected chi connectivity index (χ4v) is 2.79. The van der Waals surface area contributed by atoms with Crippen LogP contribution in [0, 0.1) is 3.57 Å². The topological polar surface area (TPSA) is 22.4 Å². The van der Waals surface area contributed by atoms with Gasteiger partial charge in [-0.15, -0.1) is 0 Å². The van der Waals surface area contributed by atoms with E-state index in [4.69, 9.17) is 9.15 Å². The first-order valence-corrected chi connectivity index (χ1v) is 6.69. The summed E-state index contributed by atoms with van der Waals surface area (Å²) < 4.78 is 12.3. The van der Waals surface area contributed by atoms with Gasteiger partial charge in [-0.1, -0.05) is 30.3 Å². The molecule has 0 saturated carbocycles. The van der Waals surface area contributed by atoms with Gasteiger partial charge in [0.15, 0.2) is 0 Å². The Bertz CT molecular complexity index is 686. The third-order valence-corrected chi connectivity index (χ3v) is 3.94. The highest BCUT2D eigenvalue weighted by Crippen LogP contribution is 2.36. The maximum atomic E-state index is 5.92. The normalized spacial score (nSPS) is 10.8. The maximum absolute atomic E-state index is 5.92. The second kappa shape index (κ2) is 4.65. The summed E-state index contributed by atoms with van der Waals surface area (Å²) in [7, 11) is 1.67. The lowest BCUT2D eigenvalue weighted by molar-refractivity contribution is 0.415. The first kappa shape index (κ1) is 11.6. The van der Waals surface area contributed by atoms with Crippen molar-refractivity contribution < 1.29 is 9.15 Å². The summed E-state index contributed by atoms with van der Waals surface area (Å²) in [5.41, 5.74) is 1.98. The van der Waals surface area contributed by atoms with E-state index in [9.17, 15) is 0 Å². The molecule has 2 nitrogen and oxygen atoms in total. The van der Waals surface area contributed by atoms with Gasteiger partial charge in [-0.3, -0.25) is 0 Å². The Hall–Kier alpha value is -1.49. The van der Waals surface area contributed by atoms with E-state index < -0.39 is 0 Å². The molecule has 1 heterocycles. The lowest BCUT2D eigenvalue weighted by atomic mass is 10.1. The molecular formula is C15H11IO2. The molecular weight excluding hydrogens is 339 g/mol. The molecule has 3 rings (SSSR count). The van der Waals surface area contributed by atoms with E-state index in [1.807, 2.05) is 36.4 Å². The van der Waals surface area contributed by atoms with Crippen molar-refractivity contribution in [3.8, 4) is 17.1 Å². The van der Waals surface area contributed by atoms with Crippen LogP contribution < -0.4 is 4.74 Å². The molecule has 0 fully saturated rings. The Morgan fingerprint density at radius 3 is 2.56 bits per heavy atom. The number of hydrogen-bond acceptors (Lipinski definition) is 2. The number of benzene rings is 2. The summed E-state index contributed by atoms with van der Waals surface area (Å²) in [6.07, 6.45) is 0. The minimum Gasteiger partial charge on any atom is -0.497 e. The molecule has 3 aromatic rings. The Morgan fingerprint density at radius 2 is 1.83 bits per heavy atom. The molecule has 2 aromatic carbocycles. The summed E-state index contributed by atoms with van der Waals surface area (Å²) in [4.78, 5) is 0. The van der Waals surface area contributed by atoms with Gasteiger partial charge < -0.3 is 9.15 Å². The lowest BCUT2D eigenvalue weighted by Crippen LogP contribution is -1.81. The van der Waals surface area contributed by atoms with Crippen LogP contribution in [0.2, 0.25) is 0 Å². The number of methoxy groups -OCH3 is 1. The molecule has 0 amide bonds. The molecule has 90 valence electrons. The van der Waals surface area contributed by atoms with Gasteiger partial charge in [0.2, 0.25) is 0 Å². The van der Waals surface area contributed by atoms with Crippen molar-refractivity contribution in [1.29, 1.82) is 0 Å². The van der Waals surface area contributed by atoms with Crippen LogP contribution in [0.1, 0.15) is 0 Å². The van der Waals surface area contributed by atoms with Crippen LogP contribution in [0.5, 0.6) is 5.75 Å². The predicted molar refractivity (Wildman–Crippen MR) is 80.9 cm³/mol. The molecule has 0 spiro atoms. The van der Waals surface area contributed by atoms with Crippen LogP contribution >= 0.6 is 22.6 Å². The molecule has 18 heavy (non-hydrogen) atoms. The Balaban J connectivity index is 2.23. The third-order valence-electron chi connectivity index (χ3n) is 2.87. The maximum Gasteiger partial charge on any atom is 0.148 e. The van der Waals surface area contributed by atoms with Crippen LogP contribution in [0.4, 0.5) is 0 Å². The molecule has 0 N–H and O–H groups in total. The summed E-state index contributed by atoms with van der Waals surface area (Å²) in [5, 5.41) is 1.09. The standard InChI is InChI=1S/C15H11IO2/c1-17-11-7-8-13-12(9-11)14(16)15(18-13)10-5-3-2-4-6-10/h2-9H,1H3. The van der Waals surface area contributed by atoms with Gasteiger partial charge in [-0.25, -0.2) is 0 Å². The second-order valence-electron chi connectivity index (χ2n) is 3.97. The number of rotatable bonds is 2. The van der Waals surface area contributed by atoms with E-state index in [0.717, 1.165) is 31.6 Å². The number of halogens is 1. The van der Waals surface area contributed by atoms with Gasteiger partial charge in [0.05, 0.1) is 10.7 Å². The highest BCUT2D eigenvalue weighted by Gasteiger charge is 2.13. The summed E-state index contributed by atoms with van der Waals surface area (Å²) >= 11 is 2.32. The van der Waals surface area contributed by atoms with Crippen LogP contribution in [0.25, 0.3) is 22.3 Å². The smallest absolute Gasteiger partial charge is 0.148 e. The third kappa shape index (κ3) is 1.88. The zero-order valence-electron chi connectivity index (χ0n) is 9.81. The molecule has 0 radical (unpaired) electrons. The summed E-state index contributed by atoms with van der Waals surface area (Å²) in [5.74, 6) is 1.76. The molecule has 0 aliphatic rings. The van der Waals surface area contributed by atoms with E-state index in [1.165, 1.54) is 0 Å². The largest absolute Gasteiger partial charge is 0.497 e. The molecule has 1 aromatic heterocycles. The Labute approximate surface area is 119 Å². The minimum absolute atomic E-state index is 0.848. The van der Waals surface area contributed by atoms with Crippen molar-refractivity contribution >= 4 is 33.6 Å². The number of fused-ring (bicyclic) bond motifs is 1. The fourth-order valence-electron chi connectivity index (χ4n) is 1.95. The average molecular weight is 350 g/mol. The average Bonchev–Trinajstić information content (AvgIpc) is 2.77. The number of ether oxygens (including phenoxy) is 1. The van der Waals surface area contributed by atoms with Crippen molar-refractivity contribution in [2.75, 3.05) is 7.11 Å². The number of furan rings is 1. The Morgan fingerprint density at radius 1 is 1.06 bits per heavy atom. The zero-order valence-corrected chi connectivity index (χ0v) is 12.0. The minimum atomic E-state index is 0.848. The van der Waals surface area contributed by atoms with Crippen molar-refractivity contribution in [2.45, 2.75) is 0 Å². The van der Waals surface area contributed by atoms with E-state index >= 15 is 0 Å². The van der Waals surface area contributed by atoms with Crippen molar-refractivity contribution in [3.05, 3.63) is 52.1 Å². The van der Waals surface area contributed by atoms with Gasteiger partial charge in [-0.2, -0.15) is 0 Å². The first-order chi connectivity index (χ1) is 8.79. The molecule has 0 saturated heterocycles. The van der Waals surface area contributed by atoms with Gasteiger partial charge >= 0.3 is 0 Å². The van der Waals surface area contributed by atoms with Crippen LogP contribution in [0.3, 0.4) is 0 Å². The monoisotopic (exact) mass is 350 g/mol. The van der Waals surface area contributed by atoms with E-state index in [1.54, 1.807) is 7.11 Å². The van der Waals surface area contributed by atoms with Crippen molar-refractivity contribution in [2.24, 2.45) is 0 Å². The predicted octanol–water partition coefficient (Wildman–Crippen LogP) is 4.71. The van der Waals surface area contributed by atoms with E-state index in [-0.39, 0.29) is 0 Å². The van der Waals surface area contributed by atoms with E-state index in [0.29, 0.717) is 0 Å². The molecule has 0 atom stereocenters.